The first-order valence-corrected chi connectivity index (χ1v) is 10.1. The Morgan fingerprint density at radius 1 is 0.846 bits per heavy atom. The largest absolute Gasteiger partial charge is 0.245 e. The number of alkyl halides is 2. The van der Waals surface area contributed by atoms with E-state index in [1.165, 1.54) is 25.0 Å². The van der Waals surface area contributed by atoms with Crippen LogP contribution in [0, 0.1) is 29.4 Å². The van der Waals surface area contributed by atoms with Crippen LogP contribution in [0.5, 0.6) is 0 Å². The van der Waals surface area contributed by atoms with E-state index in [1.807, 2.05) is 0 Å². The molecule has 0 radical (unpaired) electrons. The zero-order valence-corrected chi connectivity index (χ0v) is 15.6. The van der Waals surface area contributed by atoms with Gasteiger partial charge in [-0.05, 0) is 93.2 Å². The molecule has 2 fully saturated rings. The number of benzene rings is 1. The van der Waals surface area contributed by atoms with Crippen molar-refractivity contribution in [2.75, 3.05) is 0 Å². The maximum atomic E-state index is 13.5. The molecule has 3 rings (SSSR count). The van der Waals surface area contributed by atoms with Crippen molar-refractivity contribution in [1.29, 1.82) is 0 Å². The summed E-state index contributed by atoms with van der Waals surface area (Å²) < 4.78 is 52.6. The molecule has 0 amide bonds. The number of rotatable bonds is 5. The predicted molar refractivity (Wildman–Crippen MR) is 96.4 cm³/mol. The first-order chi connectivity index (χ1) is 12.3. The molecule has 146 valence electrons. The summed E-state index contributed by atoms with van der Waals surface area (Å²) in [5.41, 5.74) is 0.923. The van der Waals surface area contributed by atoms with Crippen LogP contribution in [0.2, 0.25) is 0 Å². The molecule has 0 nitrogen and oxygen atoms in total. The second kappa shape index (κ2) is 8.31. The third-order valence-electron chi connectivity index (χ3n) is 6.74. The first kappa shape index (κ1) is 19.7. The smallest absolute Gasteiger partial charge is 0.207 e. The highest BCUT2D eigenvalue weighted by atomic mass is 19.3. The molecule has 1 aromatic carbocycles. The molecule has 26 heavy (non-hydrogen) atoms. The normalized spacial score (nSPS) is 30.3. The summed E-state index contributed by atoms with van der Waals surface area (Å²) in [6, 6.07) is 4.31. The Hall–Kier alpha value is -1.06. The minimum atomic E-state index is -2.53. The van der Waals surface area contributed by atoms with E-state index in [-0.39, 0.29) is 6.42 Å². The van der Waals surface area contributed by atoms with Gasteiger partial charge >= 0.3 is 0 Å². The van der Waals surface area contributed by atoms with Crippen LogP contribution in [0.1, 0.15) is 82.6 Å². The van der Waals surface area contributed by atoms with Gasteiger partial charge in [0.25, 0.3) is 0 Å². The maximum absolute atomic E-state index is 13.5. The molecule has 2 saturated carbocycles. The molecule has 0 aromatic heterocycles. The lowest BCUT2D eigenvalue weighted by atomic mass is 9.68. The molecule has 0 aliphatic heterocycles. The second-order valence-corrected chi connectivity index (χ2v) is 8.67. The lowest BCUT2D eigenvalue weighted by Crippen LogP contribution is -2.26. The average Bonchev–Trinajstić information content (AvgIpc) is 2.62. The molecule has 0 bridgehead atoms. The van der Waals surface area contributed by atoms with Gasteiger partial charge in [0.2, 0.25) is 5.92 Å². The lowest BCUT2D eigenvalue weighted by molar-refractivity contribution is 0.00362. The molecule has 2 aliphatic carbocycles. The van der Waals surface area contributed by atoms with E-state index in [4.69, 9.17) is 0 Å². The van der Waals surface area contributed by atoms with Crippen molar-refractivity contribution in [3.05, 3.63) is 35.4 Å². The average molecular weight is 370 g/mol. The SMILES string of the molecule is CC(F)(F)CCC1CCC(C2CCC(c3ccc(F)c(F)c3)CC2)CC1. The van der Waals surface area contributed by atoms with Crippen molar-refractivity contribution in [3.8, 4) is 0 Å². The van der Waals surface area contributed by atoms with Crippen molar-refractivity contribution in [3.63, 3.8) is 0 Å². The van der Waals surface area contributed by atoms with Crippen LogP contribution in [-0.2, 0) is 0 Å². The highest BCUT2D eigenvalue weighted by Gasteiger charge is 2.32. The van der Waals surface area contributed by atoms with Gasteiger partial charge in [-0.2, -0.15) is 0 Å². The molecule has 0 saturated heterocycles. The summed E-state index contributed by atoms with van der Waals surface area (Å²) in [6.07, 6.45) is 9.54. The highest BCUT2D eigenvalue weighted by Crippen LogP contribution is 2.44. The Morgan fingerprint density at radius 3 is 1.96 bits per heavy atom. The van der Waals surface area contributed by atoms with Crippen LogP contribution < -0.4 is 0 Å². The van der Waals surface area contributed by atoms with E-state index < -0.39 is 17.6 Å². The molecule has 0 atom stereocenters. The van der Waals surface area contributed by atoms with Crippen LogP contribution in [0.3, 0.4) is 0 Å². The van der Waals surface area contributed by atoms with E-state index in [2.05, 4.69) is 0 Å². The van der Waals surface area contributed by atoms with E-state index in [1.54, 1.807) is 6.07 Å². The fraction of sp³-hybridized carbons (Fsp3) is 0.727. The molecule has 0 N–H and O–H groups in total. The molecule has 0 spiro atoms. The van der Waals surface area contributed by atoms with Gasteiger partial charge in [0.15, 0.2) is 11.6 Å². The van der Waals surface area contributed by atoms with Gasteiger partial charge in [0.1, 0.15) is 0 Å². The summed E-state index contributed by atoms with van der Waals surface area (Å²) in [7, 11) is 0. The number of hydrogen-bond acceptors (Lipinski definition) is 0. The van der Waals surface area contributed by atoms with Crippen molar-refractivity contribution < 1.29 is 17.6 Å². The first-order valence-electron chi connectivity index (χ1n) is 10.1. The Balaban J connectivity index is 1.43. The third kappa shape index (κ3) is 5.23. The third-order valence-corrected chi connectivity index (χ3v) is 6.74. The molecule has 1 aromatic rings. The summed E-state index contributed by atoms with van der Waals surface area (Å²) in [4.78, 5) is 0. The fourth-order valence-corrected chi connectivity index (χ4v) is 5.10. The Kier molecular flexibility index (Phi) is 6.29. The zero-order valence-electron chi connectivity index (χ0n) is 15.6. The summed E-state index contributed by atoms with van der Waals surface area (Å²) >= 11 is 0. The lowest BCUT2D eigenvalue weighted by Gasteiger charge is -2.38. The van der Waals surface area contributed by atoms with E-state index in [9.17, 15) is 17.6 Å². The van der Waals surface area contributed by atoms with Gasteiger partial charge in [-0.25, -0.2) is 17.6 Å². The molecule has 0 heterocycles. The van der Waals surface area contributed by atoms with Gasteiger partial charge in [-0.15, -0.1) is 0 Å². The van der Waals surface area contributed by atoms with Crippen LogP contribution >= 0.6 is 0 Å². The van der Waals surface area contributed by atoms with Crippen LogP contribution in [0.4, 0.5) is 17.6 Å². The monoisotopic (exact) mass is 370 g/mol. The zero-order chi connectivity index (χ0) is 18.7. The van der Waals surface area contributed by atoms with Crippen LogP contribution in [-0.4, -0.2) is 5.92 Å². The summed E-state index contributed by atoms with van der Waals surface area (Å²) in [5.74, 6) is -1.82. The fourth-order valence-electron chi connectivity index (χ4n) is 5.10. The minimum absolute atomic E-state index is 0.0155. The van der Waals surface area contributed by atoms with Crippen LogP contribution in [0.15, 0.2) is 18.2 Å². The van der Waals surface area contributed by atoms with Gasteiger partial charge in [0, 0.05) is 6.42 Å². The molecule has 0 unspecified atom stereocenters. The van der Waals surface area contributed by atoms with Gasteiger partial charge in [-0.1, -0.05) is 18.9 Å². The van der Waals surface area contributed by atoms with Crippen molar-refractivity contribution >= 4 is 0 Å². The molecular formula is C22H30F4. The summed E-state index contributed by atoms with van der Waals surface area (Å²) in [6.45, 7) is 1.02. The van der Waals surface area contributed by atoms with Gasteiger partial charge < -0.3 is 0 Å². The number of hydrogen-bond donors (Lipinski definition) is 0. The van der Waals surface area contributed by atoms with Crippen molar-refractivity contribution in [1.82, 2.24) is 0 Å². The van der Waals surface area contributed by atoms with E-state index in [0.717, 1.165) is 56.9 Å². The van der Waals surface area contributed by atoms with Gasteiger partial charge in [0.05, 0.1) is 0 Å². The standard InChI is InChI=1S/C22H30F4/c1-22(25,26)13-12-15-2-4-16(5-3-15)17-6-8-18(9-7-17)19-10-11-20(23)21(24)14-19/h10-11,14-18H,2-9,12-13H2,1H3. The van der Waals surface area contributed by atoms with Gasteiger partial charge in [-0.3, -0.25) is 0 Å². The van der Waals surface area contributed by atoms with E-state index in [0.29, 0.717) is 24.2 Å². The molecule has 4 heteroatoms. The quantitative estimate of drug-likeness (QED) is 0.471. The molecular weight excluding hydrogens is 340 g/mol. The second-order valence-electron chi connectivity index (χ2n) is 8.67. The topological polar surface area (TPSA) is 0 Å². The Labute approximate surface area is 154 Å². The Bertz CT molecular complexity index is 576. The number of halogens is 4. The van der Waals surface area contributed by atoms with Crippen molar-refractivity contribution in [2.24, 2.45) is 17.8 Å². The highest BCUT2D eigenvalue weighted by molar-refractivity contribution is 5.22. The summed E-state index contributed by atoms with van der Waals surface area (Å²) in [5, 5.41) is 0. The van der Waals surface area contributed by atoms with Crippen molar-refractivity contribution in [2.45, 2.75) is 83.0 Å². The maximum Gasteiger partial charge on any atom is 0.245 e. The van der Waals surface area contributed by atoms with E-state index >= 15 is 0 Å². The minimum Gasteiger partial charge on any atom is -0.207 e. The predicted octanol–water partition coefficient (Wildman–Crippen LogP) is 7.48. The Morgan fingerprint density at radius 2 is 1.42 bits per heavy atom. The van der Waals surface area contributed by atoms with Crippen LogP contribution in [0.25, 0.3) is 0 Å². The molecule has 2 aliphatic rings.